The lowest BCUT2D eigenvalue weighted by Gasteiger charge is -2.32. The van der Waals surface area contributed by atoms with Gasteiger partial charge in [-0.25, -0.2) is 8.42 Å². The molecule has 9 heteroatoms. The quantitative estimate of drug-likeness (QED) is 0.679. The lowest BCUT2D eigenvalue weighted by atomic mass is 9.90. The molecule has 5 rings (SSSR count). The maximum atomic E-state index is 13.1. The first-order valence-corrected chi connectivity index (χ1v) is 14.3. The molecule has 0 spiro atoms. The summed E-state index contributed by atoms with van der Waals surface area (Å²) in [6.07, 6.45) is 3.05. The van der Waals surface area contributed by atoms with Gasteiger partial charge in [-0.3, -0.25) is 9.79 Å². The number of nitrogens with zero attached hydrogens (tertiary/aromatic N) is 2. The molecule has 0 bridgehead atoms. The van der Waals surface area contributed by atoms with Gasteiger partial charge in [-0.1, -0.05) is 53.7 Å². The zero-order valence-electron chi connectivity index (χ0n) is 18.1. The van der Waals surface area contributed by atoms with E-state index < -0.39 is 9.84 Å². The predicted molar refractivity (Wildman–Crippen MR) is 135 cm³/mol. The van der Waals surface area contributed by atoms with Crippen LogP contribution in [0.2, 0.25) is 5.02 Å². The van der Waals surface area contributed by atoms with Crippen molar-refractivity contribution in [1.29, 1.82) is 0 Å². The largest absolute Gasteiger partial charge is 0.339 e. The Bertz CT molecular complexity index is 1180. The van der Waals surface area contributed by atoms with Crippen LogP contribution in [0.3, 0.4) is 0 Å². The van der Waals surface area contributed by atoms with E-state index in [2.05, 4.69) is 34.6 Å². The number of hydrogen-bond acceptors (Lipinski definition) is 6. The number of anilines is 1. The Balaban J connectivity index is 1.21. The maximum absolute atomic E-state index is 13.1. The van der Waals surface area contributed by atoms with Gasteiger partial charge < -0.3 is 10.2 Å². The zero-order chi connectivity index (χ0) is 23.0. The molecule has 3 aliphatic rings. The summed E-state index contributed by atoms with van der Waals surface area (Å²) in [4.78, 5) is 19.6. The van der Waals surface area contributed by atoms with Crippen LogP contribution in [0.5, 0.6) is 0 Å². The highest BCUT2D eigenvalue weighted by atomic mass is 35.5. The molecule has 2 aromatic carbocycles. The van der Waals surface area contributed by atoms with E-state index >= 15 is 0 Å². The van der Waals surface area contributed by atoms with E-state index in [0.717, 1.165) is 32.4 Å². The number of hydrogen-bond donors (Lipinski definition) is 1. The van der Waals surface area contributed by atoms with Crippen molar-refractivity contribution in [2.75, 3.05) is 29.9 Å². The molecule has 0 aliphatic carbocycles. The first kappa shape index (κ1) is 22.7. The number of nitrogens with one attached hydrogen (secondary N) is 1. The average molecular weight is 504 g/mol. The number of piperidine rings is 1. The van der Waals surface area contributed by atoms with Gasteiger partial charge in [0.1, 0.15) is 0 Å². The Morgan fingerprint density at radius 3 is 2.61 bits per heavy atom. The fraction of sp³-hybridized carbons (Fsp3) is 0.417. The van der Waals surface area contributed by atoms with Gasteiger partial charge in [0.25, 0.3) is 5.91 Å². The summed E-state index contributed by atoms with van der Waals surface area (Å²) in [6.45, 7) is 1.50. The number of amidine groups is 1. The molecule has 2 fully saturated rings. The summed E-state index contributed by atoms with van der Waals surface area (Å²) in [6, 6.07) is 15.6. The maximum Gasteiger partial charge on any atom is 0.253 e. The minimum absolute atomic E-state index is 0.0110. The van der Waals surface area contributed by atoms with Crippen molar-refractivity contribution in [3.8, 4) is 0 Å². The number of halogens is 1. The van der Waals surface area contributed by atoms with Gasteiger partial charge in [0.05, 0.1) is 28.3 Å². The minimum Gasteiger partial charge on any atom is -0.339 e. The molecule has 3 aliphatic heterocycles. The topological polar surface area (TPSA) is 78.8 Å². The van der Waals surface area contributed by atoms with Crippen molar-refractivity contribution in [1.82, 2.24) is 4.90 Å². The molecule has 0 unspecified atom stereocenters. The van der Waals surface area contributed by atoms with Crippen molar-refractivity contribution in [3.63, 3.8) is 0 Å². The SMILES string of the molecule is O=C(c1ccc(Cl)c(NC2=N[C@@H]3CS(=O)(=O)C[C@H]3S2)c1)N1CCC(Cc2ccccc2)CC1. The number of likely N-dealkylation sites (tertiary alicyclic amines) is 1. The molecule has 174 valence electrons. The smallest absolute Gasteiger partial charge is 0.253 e. The van der Waals surface area contributed by atoms with Crippen LogP contribution < -0.4 is 5.32 Å². The molecule has 33 heavy (non-hydrogen) atoms. The molecule has 2 atom stereocenters. The van der Waals surface area contributed by atoms with Gasteiger partial charge in [-0.15, -0.1) is 0 Å². The van der Waals surface area contributed by atoms with Crippen molar-refractivity contribution in [2.45, 2.75) is 30.6 Å². The van der Waals surface area contributed by atoms with Crippen LogP contribution in [0.1, 0.15) is 28.8 Å². The first-order valence-electron chi connectivity index (χ1n) is 11.2. The zero-order valence-corrected chi connectivity index (χ0v) is 20.5. The fourth-order valence-electron chi connectivity index (χ4n) is 4.76. The van der Waals surface area contributed by atoms with Crippen molar-refractivity contribution < 1.29 is 13.2 Å². The normalized spacial score (nSPS) is 24.4. The molecule has 2 aromatic rings. The Morgan fingerprint density at radius 1 is 1.12 bits per heavy atom. The minimum atomic E-state index is -2.99. The summed E-state index contributed by atoms with van der Waals surface area (Å²) >= 11 is 7.82. The number of carbonyl (C=O) groups is 1. The predicted octanol–water partition coefficient (Wildman–Crippen LogP) is 4.12. The molecule has 6 nitrogen and oxygen atoms in total. The van der Waals surface area contributed by atoms with E-state index in [4.69, 9.17) is 11.6 Å². The second kappa shape index (κ2) is 9.31. The Kier molecular flexibility index (Phi) is 6.42. The summed E-state index contributed by atoms with van der Waals surface area (Å²) in [5.41, 5.74) is 2.57. The van der Waals surface area contributed by atoms with Gasteiger partial charge in [-0.05, 0) is 48.9 Å². The molecule has 0 saturated carbocycles. The van der Waals surface area contributed by atoms with Gasteiger partial charge in [0.15, 0.2) is 15.0 Å². The standard InChI is InChI=1S/C24H26ClN3O3S2/c25-19-7-6-18(13-20(19)26-24-27-21-14-33(30,31)15-22(21)32-24)23(29)28-10-8-17(9-11-28)12-16-4-2-1-3-5-16/h1-7,13,17,21-22H,8-12,14-15H2,(H,26,27)/t21-,22-/m1/s1. The van der Waals surface area contributed by atoms with Crippen LogP contribution in [0.15, 0.2) is 53.5 Å². The molecule has 1 N–H and O–H groups in total. The number of amides is 1. The van der Waals surface area contributed by atoms with Gasteiger partial charge in [0.2, 0.25) is 0 Å². The summed E-state index contributed by atoms with van der Waals surface area (Å²) < 4.78 is 23.6. The second-order valence-electron chi connectivity index (χ2n) is 8.98. The molecular formula is C24H26ClN3O3S2. The van der Waals surface area contributed by atoms with Gasteiger partial charge >= 0.3 is 0 Å². The second-order valence-corrected chi connectivity index (χ2v) is 12.8. The third-order valence-electron chi connectivity index (χ3n) is 6.54. The van der Waals surface area contributed by atoms with E-state index in [1.165, 1.54) is 17.3 Å². The third kappa shape index (κ3) is 5.23. The van der Waals surface area contributed by atoms with E-state index in [0.29, 0.717) is 27.4 Å². The Labute approximate surface area is 203 Å². The van der Waals surface area contributed by atoms with Crippen LogP contribution in [-0.4, -0.2) is 60.3 Å². The van der Waals surface area contributed by atoms with E-state index in [1.54, 1.807) is 18.2 Å². The van der Waals surface area contributed by atoms with Crippen LogP contribution in [0, 0.1) is 5.92 Å². The highest BCUT2D eigenvalue weighted by molar-refractivity contribution is 8.15. The van der Waals surface area contributed by atoms with Crippen LogP contribution in [0.4, 0.5) is 5.69 Å². The number of benzene rings is 2. The number of thioether (sulfide) groups is 1. The van der Waals surface area contributed by atoms with Crippen molar-refractivity contribution in [2.24, 2.45) is 10.9 Å². The summed E-state index contributed by atoms with van der Waals surface area (Å²) in [5, 5.41) is 4.33. The van der Waals surface area contributed by atoms with Crippen LogP contribution >= 0.6 is 23.4 Å². The monoisotopic (exact) mass is 503 g/mol. The van der Waals surface area contributed by atoms with Crippen LogP contribution in [0.25, 0.3) is 0 Å². The van der Waals surface area contributed by atoms with E-state index in [9.17, 15) is 13.2 Å². The Hall–Kier alpha value is -2.03. The number of aliphatic imine (C=N–C) groups is 1. The lowest BCUT2D eigenvalue weighted by Crippen LogP contribution is -2.38. The first-order chi connectivity index (χ1) is 15.9. The number of fused-ring (bicyclic) bond motifs is 1. The number of rotatable bonds is 4. The molecule has 1 amide bonds. The van der Waals surface area contributed by atoms with Gasteiger partial charge in [0, 0.05) is 23.9 Å². The lowest BCUT2D eigenvalue weighted by molar-refractivity contribution is 0.0690. The van der Waals surface area contributed by atoms with Crippen molar-refractivity contribution >= 4 is 50.0 Å². The molecule has 3 heterocycles. The van der Waals surface area contributed by atoms with Crippen molar-refractivity contribution in [3.05, 3.63) is 64.7 Å². The highest BCUT2D eigenvalue weighted by Gasteiger charge is 2.42. The Morgan fingerprint density at radius 2 is 1.88 bits per heavy atom. The molecule has 0 radical (unpaired) electrons. The number of carbonyl (C=O) groups excluding carboxylic acids is 1. The summed E-state index contributed by atoms with van der Waals surface area (Å²) in [5.74, 6) is 0.864. The number of sulfone groups is 1. The van der Waals surface area contributed by atoms with Gasteiger partial charge in [-0.2, -0.15) is 0 Å². The highest BCUT2D eigenvalue weighted by Crippen LogP contribution is 2.36. The van der Waals surface area contributed by atoms with Crippen LogP contribution in [-0.2, 0) is 16.3 Å². The fourth-order valence-corrected chi connectivity index (χ4v) is 8.59. The van der Waals surface area contributed by atoms with E-state index in [-0.39, 0.29) is 28.7 Å². The molecule has 0 aromatic heterocycles. The van der Waals surface area contributed by atoms with E-state index in [1.807, 2.05) is 11.0 Å². The molecular weight excluding hydrogens is 478 g/mol. The summed E-state index contributed by atoms with van der Waals surface area (Å²) in [7, 11) is -2.99. The third-order valence-corrected chi connectivity index (χ3v) is 10.0. The molecule has 2 saturated heterocycles. The average Bonchev–Trinajstić information content (AvgIpc) is 3.28.